The summed E-state index contributed by atoms with van der Waals surface area (Å²) >= 11 is 0. The van der Waals surface area contributed by atoms with Crippen LogP contribution in [0.15, 0.2) is 54.1 Å². The van der Waals surface area contributed by atoms with Crippen LogP contribution in [0.25, 0.3) is 5.76 Å². The molecule has 1 aliphatic heterocycles. The molecular weight excluding hydrogens is 468 g/mol. The number of hydrogen-bond acceptors (Lipinski definition) is 6. The Morgan fingerprint density at radius 3 is 2.22 bits per heavy atom. The molecule has 7 nitrogen and oxygen atoms in total. The monoisotopic (exact) mass is 508 g/mol. The van der Waals surface area contributed by atoms with E-state index in [4.69, 9.17) is 4.74 Å². The zero-order valence-corrected chi connectivity index (χ0v) is 22.3. The molecular formula is C30H40N2O5. The Kier molecular flexibility index (Phi) is 10.6. The van der Waals surface area contributed by atoms with E-state index in [0.717, 1.165) is 45.3 Å². The number of aliphatic hydroxyl groups is 1. The molecule has 3 rings (SSSR count). The first-order valence-electron chi connectivity index (χ1n) is 13.4. The fourth-order valence-corrected chi connectivity index (χ4v) is 4.74. The molecule has 2 N–H and O–H groups in total. The summed E-state index contributed by atoms with van der Waals surface area (Å²) in [4.78, 5) is 30.5. The lowest BCUT2D eigenvalue weighted by Gasteiger charge is -2.28. The zero-order valence-electron chi connectivity index (χ0n) is 22.3. The van der Waals surface area contributed by atoms with Gasteiger partial charge in [-0.05, 0) is 63.5 Å². The van der Waals surface area contributed by atoms with Gasteiger partial charge in [-0.3, -0.25) is 9.59 Å². The van der Waals surface area contributed by atoms with Gasteiger partial charge in [0, 0.05) is 12.1 Å². The molecule has 0 aliphatic carbocycles. The number of carbonyl (C=O) groups excluding carboxylic acids is 2. The number of phenols is 1. The normalized spacial score (nSPS) is 17.1. The van der Waals surface area contributed by atoms with E-state index in [1.165, 1.54) is 6.07 Å². The average Bonchev–Trinajstić information content (AvgIpc) is 3.16. The Labute approximate surface area is 220 Å². The minimum atomic E-state index is -0.778. The number of ketones is 1. The molecule has 1 aliphatic rings. The van der Waals surface area contributed by atoms with Crippen molar-refractivity contribution in [1.82, 2.24) is 9.80 Å². The molecule has 0 radical (unpaired) electrons. The lowest BCUT2D eigenvalue weighted by Crippen LogP contribution is -2.34. The quantitative estimate of drug-likeness (QED) is 0.199. The number of amides is 1. The van der Waals surface area contributed by atoms with Crippen molar-refractivity contribution in [3.8, 4) is 11.5 Å². The van der Waals surface area contributed by atoms with Crippen LogP contribution in [0.3, 0.4) is 0 Å². The van der Waals surface area contributed by atoms with E-state index in [2.05, 4.69) is 18.7 Å². The van der Waals surface area contributed by atoms with Gasteiger partial charge in [0.15, 0.2) is 11.5 Å². The second kappa shape index (κ2) is 13.8. The van der Waals surface area contributed by atoms with Gasteiger partial charge in [0.1, 0.15) is 5.76 Å². The number of nitrogens with zero attached hydrogens (tertiary/aromatic N) is 2. The highest BCUT2D eigenvalue weighted by molar-refractivity contribution is 6.46. The summed E-state index contributed by atoms with van der Waals surface area (Å²) in [5, 5.41) is 21.4. The molecule has 1 amide bonds. The van der Waals surface area contributed by atoms with E-state index >= 15 is 0 Å². The number of unbranched alkanes of at least 4 members (excludes halogenated alkanes) is 2. The Morgan fingerprint density at radius 1 is 0.946 bits per heavy atom. The van der Waals surface area contributed by atoms with Crippen molar-refractivity contribution in [2.24, 2.45) is 0 Å². The molecule has 1 saturated heterocycles. The predicted octanol–water partition coefficient (Wildman–Crippen LogP) is 5.50. The van der Waals surface area contributed by atoms with Gasteiger partial charge in [0.25, 0.3) is 11.7 Å². The van der Waals surface area contributed by atoms with Crippen molar-refractivity contribution in [2.45, 2.75) is 58.9 Å². The number of likely N-dealkylation sites (tertiary alicyclic amines) is 1. The topological polar surface area (TPSA) is 90.3 Å². The summed E-state index contributed by atoms with van der Waals surface area (Å²) in [6, 6.07) is 12.8. The molecule has 1 atom stereocenters. The minimum Gasteiger partial charge on any atom is -0.507 e. The van der Waals surface area contributed by atoms with E-state index in [1.807, 2.05) is 13.0 Å². The molecule has 2 aromatic rings. The molecule has 200 valence electrons. The van der Waals surface area contributed by atoms with Crippen molar-refractivity contribution in [3.05, 3.63) is 65.2 Å². The minimum absolute atomic E-state index is 0.0203. The van der Waals surface area contributed by atoms with Gasteiger partial charge in [-0.2, -0.15) is 0 Å². The SMILES string of the molecule is CCCCN(CCCC)CCCN1C(=O)C(=O)C(=C(O)c2ccccc2)[C@H]1c1ccc(O)c(OCC)c1. The van der Waals surface area contributed by atoms with Gasteiger partial charge in [0.2, 0.25) is 0 Å². The maximum absolute atomic E-state index is 13.3. The molecule has 0 saturated carbocycles. The third-order valence-corrected chi connectivity index (χ3v) is 6.72. The molecule has 1 heterocycles. The predicted molar refractivity (Wildman–Crippen MR) is 146 cm³/mol. The van der Waals surface area contributed by atoms with E-state index < -0.39 is 17.7 Å². The maximum Gasteiger partial charge on any atom is 0.295 e. The number of rotatable bonds is 14. The van der Waals surface area contributed by atoms with Gasteiger partial charge in [-0.1, -0.05) is 63.1 Å². The van der Waals surface area contributed by atoms with Gasteiger partial charge in [-0.25, -0.2) is 0 Å². The number of ether oxygens (including phenoxy) is 1. The molecule has 7 heteroatoms. The number of phenolic OH excluding ortho intramolecular Hbond substituents is 1. The highest BCUT2D eigenvalue weighted by Crippen LogP contribution is 2.41. The van der Waals surface area contributed by atoms with Crippen molar-refractivity contribution < 1.29 is 24.5 Å². The number of benzene rings is 2. The smallest absolute Gasteiger partial charge is 0.295 e. The van der Waals surface area contributed by atoms with Crippen LogP contribution in [0.1, 0.15) is 70.0 Å². The highest BCUT2D eigenvalue weighted by atomic mass is 16.5. The molecule has 0 bridgehead atoms. The number of hydrogen-bond donors (Lipinski definition) is 2. The first-order chi connectivity index (χ1) is 17.9. The first-order valence-corrected chi connectivity index (χ1v) is 13.4. The zero-order chi connectivity index (χ0) is 26.8. The molecule has 2 aromatic carbocycles. The number of Topliss-reactive ketones (excluding diaryl/α,β-unsaturated/α-hetero) is 1. The fourth-order valence-electron chi connectivity index (χ4n) is 4.74. The third-order valence-electron chi connectivity index (χ3n) is 6.72. The Balaban J connectivity index is 1.96. The number of carbonyl (C=O) groups is 2. The van der Waals surface area contributed by atoms with Gasteiger partial charge in [-0.15, -0.1) is 0 Å². The van der Waals surface area contributed by atoms with Crippen LogP contribution >= 0.6 is 0 Å². The van der Waals surface area contributed by atoms with E-state index in [9.17, 15) is 19.8 Å². The second-order valence-electron chi connectivity index (χ2n) is 9.42. The molecule has 1 fully saturated rings. The maximum atomic E-state index is 13.3. The molecule has 0 spiro atoms. The largest absolute Gasteiger partial charge is 0.507 e. The summed E-state index contributed by atoms with van der Waals surface area (Å²) in [5.41, 5.74) is 1.13. The lowest BCUT2D eigenvalue weighted by molar-refractivity contribution is -0.140. The standard InChI is InChI=1S/C30H40N2O5/c1-4-7-17-31(18-8-5-2)19-12-20-32-27(23-15-16-24(33)25(21-23)37-6-3)26(29(35)30(32)36)28(34)22-13-10-9-11-14-22/h9-11,13-16,21,27,33-34H,4-8,12,17-20H2,1-3H3/t27-/m1/s1. The van der Waals surface area contributed by atoms with Gasteiger partial charge in [0.05, 0.1) is 18.2 Å². The molecule has 37 heavy (non-hydrogen) atoms. The summed E-state index contributed by atoms with van der Waals surface area (Å²) < 4.78 is 5.57. The van der Waals surface area contributed by atoms with E-state index in [-0.39, 0.29) is 22.8 Å². The van der Waals surface area contributed by atoms with Crippen LogP contribution in [0.5, 0.6) is 11.5 Å². The fraction of sp³-hybridized carbons (Fsp3) is 0.467. The first kappa shape index (κ1) is 28.3. The summed E-state index contributed by atoms with van der Waals surface area (Å²) in [5.74, 6) is -1.28. The van der Waals surface area contributed by atoms with Crippen LogP contribution < -0.4 is 4.74 Å². The van der Waals surface area contributed by atoms with Crippen LogP contribution in [0, 0.1) is 0 Å². The van der Waals surface area contributed by atoms with Crippen molar-refractivity contribution >= 4 is 17.4 Å². The lowest BCUT2D eigenvalue weighted by atomic mass is 9.95. The van der Waals surface area contributed by atoms with E-state index in [0.29, 0.717) is 30.7 Å². The summed E-state index contributed by atoms with van der Waals surface area (Å²) in [7, 11) is 0. The van der Waals surface area contributed by atoms with Crippen LogP contribution in [0.2, 0.25) is 0 Å². The van der Waals surface area contributed by atoms with Gasteiger partial charge < -0.3 is 24.7 Å². The molecule has 0 aromatic heterocycles. The Morgan fingerprint density at radius 2 is 1.59 bits per heavy atom. The van der Waals surface area contributed by atoms with E-state index in [1.54, 1.807) is 41.3 Å². The number of aliphatic hydroxyl groups excluding tert-OH is 1. The van der Waals surface area contributed by atoms with Gasteiger partial charge >= 0.3 is 0 Å². The number of aromatic hydroxyl groups is 1. The van der Waals surface area contributed by atoms with Crippen molar-refractivity contribution in [3.63, 3.8) is 0 Å². The second-order valence-corrected chi connectivity index (χ2v) is 9.42. The molecule has 0 unspecified atom stereocenters. The summed E-state index contributed by atoms with van der Waals surface area (Å²) in [6.07, 6.45) is 5.20. The van der Waals surface area contributed by atoms with Crippen LogP contribution in [0.4, 0.5) is 0 Å². The van der Waals surface area contributed by atoms with Crippen molar-refractivity contribution in [1.29, 1.82) is 0 Å². The average molecular weight is 509 g/mol. The van der Waals surface area contributed by atoms with Crippen LogP contribution in [-0.4, -0.2) is 64.5 Å². The third kappa shape index (κ3) is 6.92. The van der Waals surface area contributed by atoms with Crippen molar-refractivity contribution in [2.75, 3.05) is 32.8 Å². The van der Waals surface area contributed by atoms with Crippen LogP contribution in [-0.2, 0) is 9.59 Å². The Bertz CT molecular complexity index is 1070. The highest BCUT2D eigenvalue weighted by Gasteiger charge is 2.46. The Hall–Kier alpha value is -3.32. The summed E-state index contributed by atoms with van der Waals surface area (Å²) in [6.45, 7) is 9.76.